The van der Waals surface area contributed by atoms with Crippen LogP contribution in [0, 0.1) is 25.2 Å². The van der Waals surface area contributed by atoms with Crippen molar-refractivity contribution in [1.82, 2.24) is 9.38 Å². The van der Waals surface area contributed by atoms with Gasteiger partial charge in [-0.15, -0.1) is 15.3 Å². The molecule has 0 amide bonds. The van der Waals surface area contributed by atoms with Crippen molar-refractivity contribution in [2.45, 2.75) is 48.2 Å². The van der Waals surface area contributed by atoms with E-state index in [1.54, 1.807) is 6.92 Å². The fraction of sp³-hybridized carbons (Fsp3) is 0.211. The number of aromatic nitrogens is 2. The Bertz CT molecular complexity index is 3420. The second-order valence-corrected chi connectivity index (χ2v) is 20.5. The molecule has 340 valence electrons. The Morgan fingerprint density at radius 1 is 0.754 bits per heavy atom. The van der Waals surface area contributed by atoms with Crippen molar-refractivity contribution in [1.29, 1.82) is 5.26 Å². The van der Waals surface area contributed by atoms with Crippen LogP contribution >= 0.6 is 0 Å². The van der Waals surface area contributed by atoms with Gasteiger partial charge in [0.1, 0.15) is 38.4 Å². The Hall–Kier alpha value is -6.64. The van der Waals surface area contributed by atoms with E-state index < -0.39 is 61.7 Å². The van der Waals surface area contributed by atoms with Gasteiger partial charge in [-0.1, -0.05) is 12.2 Å². The lowest BCUT2D eigenvalue weighted by Crippen LogP contribution is -2.29. The first-order valence-corrected chi connectivity index (χ1v) is 24.4. The van der Waals surface area contributed by atoms with Crippen molar-refractivity contribution >= 4 is 92.4 Å². The van der Waals surface area contributed by atoms with E-state index in [1.807, 2.05) is 6.07 Å². The zero-order chi connectivity index (χ0) is 47.7. The van der Waals surface area contributed by atoms with Crippen molar-refractivity contribution in [3.8, 4) is 17.7 Å². The molecule has 0 spiro atoms. The van der Waals surface area contributed by atoms with Crippen molar-refractivity contribution in [2.75, 3.05) is 12.4 Å². The topological polar surface area (TPSA) is 362 Å². The molecule has 23 nitrogen and oxygen atoms in total. The normalized spacial score (nSPS) is 15.8. The zero-order valence-corrected chi connectivity index (χ0v) is 37.2. The van der Waals surface area contributed by atoms with Gasteiger partial charge in [0, 0.05) is 11.6 Å². The van der Waals surface area contributed by atoms with Crippen LogP contribution in [-0.4, -0.2) is 83.5 Å². The van der Waals surface area contributed by atoms with Crippen molar-refractivity contribution < 1.29 is 61.7 Å². The average molecular weight is 970 g/mol. The first kappa shape index (κ1) is 47.8. The maximum Gasteiger partial charge on any atom is 0.296 e. The molecule has 5 aromatic rings. The molecule has 0 saturated carbocycles. The fourth-order valence-corrected chi connectivity index (χ4v) is 8.21. The predicted octanol–water partition coefficient (Wildman–Crippen LogP) is 8.00. The summed E-state index contributed by atoms with van der Waals surface area (Å²) >= 11 is 0. The third-order valence-electron chi connectivity index (χ3n) is 9.62. The molecule has 6 rings (SSSR count). The van der Waals surface area contributed by atoms with Gasteiger partial charge in [0.2, 0.25) is 5.88 Å². The summed E-state index contributed by atoms with van der Waals surface area (Å²) in [6, 6.07) is 12.9. The molecule has 1 aliphatic carbocycles. The van der Waals surface area contributed by atoms with Gasteiger partial charge in [-0.2, -0.15) is 54.3 Å². The summed E-state index contributed by atoms with van der Waals surface area (Å²) in [5, 5.41) is 46.3. The van der Waals surface area contributed by atoms with Gasteiger partial charge in [0.15, 0.2) is 11.3 Å². The molecule has 0 saturated heterocycles. The third-order valence-corrected chi connectivity index (χ3v) is 13.6. The number of azo groups is 3. The summed E-state index contributed by atoms with van der Waals surface area (Å²) < 4.78 is 138. The van der Waals surface area contributed by atoms with Crippen LogP contribution in [0.15, 0.2) is 107 Å². The largest absolute Gasteiger partial charge is 0.493 e. The van der Waals surface area contributed by atoms with Gasteiger partial charge in [0.25, 0.3) is 40.5 Å². The molecular weight excluding hydrogens is 935 g/mol. The van der Waals surface area contributed by atoms with Crippen LogP contribution in [-0.2, 0) is 40.5 Å². The van der Waals surface area contributed by atoms with Gasteiger partial charge in [-0.25, -0.2) is 4.98 Å². The van der Waals surface area contributed by atoms with E-state index in [1.165, 1.54) is 74.5 Å². The lowest BCUT2D eigenvalue weighted by Gasteiger charge is -2.16. The number of rotatable bonds is 15. The summed E-state index contributed by atoms with van der Waals surface area (Å²) in [5.74, 6) is -1.12. The van der Waals surface area contributed by atoms with Crippen molar-refractivity contribution in [3.63, 3.8) is 0 Å². The van der Waals surface area contributed by atoms with E-state index in [2.05, 4.69) is 35.7 Å². The third kappa shape index (κ3) is 10.8. The van der Waals surface area contributed by atoms with Crippen LogP contribution < -0.4 is 4.74 Å². The molecule has 0 radical (unpaired) electrons. The Kier molecular flexibility index (Phi) is 13.3. The highest BCUT2D eigenvalue weighted by Crippen LogP contribution is 2.42. The number of ether oxygens (including phenoxy) is 1. The zero-order valence-electron chi connectivity index (χ0n) is 33.9. The van der Waals surface area contributed by atoms with E-state index in [0.717, 1.165) is 22.6 Å². The molecule has 2 aromatic heterocycles. The molecule has 2 heterocycles. The Balaban J connectivity index is 1.37. The monoisotopic (exact) mass is 969 g/mol. The lowest BCUT2D eigenvalue weighted by atomic mass is 10.1. The molecule has 0 fully saturated rings. The molecular formula is C38H35N9O14S4. The van der Waals surface area contributed by atoms with Gasteiger partial charge < -0.3 is 9.84 Å². The summed E-state index contributed by atoms with van der Waals surface area (Å²) in [7, 11) is -18.3. The number of nitriles is 1. The molecule has 5 N–H and O–H groups in total. The predicted molar refractivity (Wildman–Crippen MR) is 232 cm³/mol. The molecule has 1 aliphatic rings. The molecule has 0 bridgehead atoms. The number of aryl methyl sites for hydroxylation is 1. The van der Waals surface area contributed by atoms with Crippen LogP contribution in [0.25, 0.3) is 17.8 Å². The molecule has 1 unspecified atom stereocenters. The minimum absolute atomic E-state index is 0.00860. The van der Waals surface area contributed by atoms with Crippen LogP contribution in [0.2, 0.25) is 0 Å². The number of aromatic hydroxyl groups is 1. The van der Waals surface area contributed by atoms with E-state index in [-0.39, 0.29) is 92.4 Å². The highest BCUT2D eigenvalue weighted by molar-refractivity contribution is 7.87. The number of imidazole rings is 1. The number of hydrogen-bond acceptors (Lipinski definition) is 18. The SMILES string of the molecule is Cc1cc(N=Nc2c(C)c(C#N)c3nc4c(n3c2O)C=CC(C)(S(=O)(=O)O)C=C4)c(OCCCCS(=O)(=O)O)cc1N=Nc1ccc(N=Nc2ccc(S(=O)(=O)O)cc2)cc1S(=O)(=O)O. The van der Waals surface area contributed by atoms with Gasteiger partial charge in [-0.05, 0) is 99.9 Å². The number of pyridine rings is 1. The summed E-state index contributed by atoms with van der Waals surface area (Å²) in [6.45, 7) is 4.18. The number of unbranched alkanes of at least 4 members (excludes halogenated alkanes) is 1. The fourth-order valence-electron chi connectivity index (χ4n) is 6.04. The highest BCUT2D eigenvalue weighted by atomic mass is 32.2. The highest BCUT2D eigenvalue weighted by Gasteiger charge is 2.35. The molecule has 0 aliphatic heterocycles. The van der Waals surface area contributed by atoms with Crippen LogP contribution in [0.3, 0.4) is 0 Å². The van der Waals surface area contributed by atoms with Crippen molar-refractivity contribution in [3.05, 3.63) is 94.8 Å². The smallest absolute Gasteiger partial charge is 0.296 e. The van der Waals surface area contributed by atoms with Gasteiger partial charge >= 0.3 is 0 Å². The maximum absolute atomic E-state index is 12.4. The minimum Gasteiger partial charge on any atom is -0.493 e. The maximum atomic E-state index is 12.4. The van der Waals surface area contributed by atoms with Gasteiger partial charge in [-0.3, -0.25) is 22.6 Å². The van der Waals surface area contributed by atoms with Crippen LogP contribution in [0.5, 0.6) is 11.6 Å². The quantitative estimate of drug-likeness (QED) is 0.0377. The number of benzene rings is 3. The standard InChI is InChI=1S/C38H35N9O14S4/c1-22-18-31(45-46-35-23(2)27(21-39)36-40-28-12-14-38(3,65(58,59)60)15-13-32(28)47(36)37(35)48)33(61-16-4-5-17-62(49,50)51)20-30(22)44-43-29-11-8-25(19-34(29)64(55,56)57)42-41-24-6-9-26(10-7-24)63(52,53)54/h6-15,18-20,48H,4-5,16-17H2,1-3H3,(H,49,50,51)(H,52,53,54)(H,55,56,57)(H,58,59,60). The Morgan fingerprint density at radius 3 is 2.02 bits per heavy atom. The molecule has 27 heteroatoms. The number of fused-ring (bicyclic) bond motifs is 3. The number of hydrogen-bond donors (Lipinski definition) is 5. The van der Waals surface area contributed by atoms with Crippen molar-refractivity contribution in [2.24, 2.45) is 30.7 Å². The Labute approximate surface area is 370 Å². The number of nitrogens with zero attached hydrogens (tertiary/aromatic N) is 9. The molecule has 3 aromatic carbocycles. The summed E-state index contributed by atoms with van der Waals surface area (Å²) in [5.41, 5.74) is 0.458. The van der Waals surface area contributed by atoms with Gasteiger partial charge in [0.05, 0.1) is 45.7 Å². The average Bonchev–Trinajstić information content (AvgIpc) is 3.49. The van der Waals surface area contributed by atoms with E-state index in [9.17, 15) is 57.7 Å². The first-order valence-electron chi connectivity index (χ1n) is 18.5. The molecule has 1 atom stereocenters. The first-order chi connectivity index (χ1) is 30.3. The lowest BCUT2D eigenvalue weighted by molar-refractivity contribution is 0.310. The van der Waals surface area contributed by atoms with E-state index >= 15 is 0 Å². The Morgan fingerprint density at radius 2 is 1.38 bits per heavy atom. The summed E-state index contributed by atoms with van der Waals surface area (Å²) in [6.07, 6.45) is 5.15. The van der Waals surface area contributed by atoms with E-state index in [0.29, 0.717) is 5.56 Å². The van der Waals surface area contributed by atoms with Crippen LogP contribution in [0.1, 0.15) is 47.8 Å². The second kappa shape index (κ2) is 18.1. The van der Waals surface area contributed by atoms with Crippen LogP contribution in [0.4, 0.5) is 34.1 Å². The second-order valence-electron chi connectivity index (χ2n) is 14.3. The summed E-state index contributed by atoms with van der Waals surface area (Å²) in [4.78, 5) is 3.32. The van der Waals surface area contributed by atoms with E-state index in [4.69, 9.17) is 9.29 Å². The minimum atomic E-state index is -4.94. The molecule has 65 heavy (non-hydrogen) atoms.